The van der Waals surface area contributed by atoms with Crippen LogP contribution in [0.3, 0.4) is 0 Å². The van der Waals surface area contributed by atoms with E-state index in [0.717, 1.165) is 0 Å². The minimum Gasteiger partial charge on any atom is -0.468 e. The number of aliphatic hydroxyl groups excluding tert-OH is 1. The SMILES string of the molecule is COC(=O)C1(C)C=NC(C)(CO)/C=C\C=C/1. The Labute approximate surface area is 95.3 Å². The van der Waals surface area contributed by atoms with Gasteiger partial charge in [0.15, 0.2) is 0 Å². The van der Waals surface area contributed by atoms with Crippen LogP contribution in [-0.2, 0) is 9.53 Å². The molecule has 2 atom stereocenters. The molecule has 0 aliphatic carbocycles. The summed E-state index contributed by atoms with van der Waals surface area (Å²) in [5.74, 6) is -0.372. The third kappa shape index (κ3) is 2.58. The zero-order valence-corrected chi connectivity index (χ0v) is 9.80. The fourth-order valence-electron chi connectivity index (χ4n) is 1.32. The second kappa shape index (κ2) is 4.61. The van der Waals surface area contributed by atoms with E-state index in [4.69, 9.17) is 4.74 Å². The number of hydrogen-bond donors (Lipinski definition) is 1. The zero-order valence-electron chi connectivity index (χ0n) is 9.80. The predicted octanol–water partition coefficient (Wildman–Crippen LogP) is 1.11. The van der Waals surface area contributed by atoms with Crippen LogP contribution in [0.15, 0.2) is 29.3 Å². The lowest BCUT2D eigenvalue weighted by molar-refractivity contribution is -0.145. The lowest BCUT2D eigenvalue weighted by Crippen LogP contribution is -2.32. The average Bonchev–Trinajstić information content (AvgIpc) is 2.29. The molecule has 1 heterocycles. The molecule has 0 saturated heterocycles. The van der Waals surface area contributed by atoms with E-state index in [9.17, 15) is 9.90 Å². The van der Waals surface area contributed by atoms with E-state index >= 15 is 0 Å². The molecule has 1 aliphatic heterocycles. The number of aliphatic imine (C=N–C) groups is 1. The van der Waals surface area contributed by atoms with Crippen LogP contribution in [-0.4, -0.2) is 36.5 Å². The molecule has 0 spiro atoms. The van der Waals surface area contributed by atoms with Crippen LogP contribution in [0.5, 0.6) is 0 Å². The summed E-state index contributed by atoms with van der Waals surface area (Å²) < 4.78 is 4.72. The molecule has 0 amide bonds. The van der Waals surface area contributed by atoms with Gasteiger partial charge in [-0.2, -0.15) is 0 Å². The molecule has 0 bridgehead atoms. The molecule has 0 aromatic rings. The van der Waals surface area contributed by atoms with Crippen molar-refractivity contribution in [2.45, 2.75) is 19.4 Å². The van der Waals surface area contributed by atoms with E-state index in [2.05, 4.69) is 4.99 Å². The summed E-state index contributed by atoms with van der Waals surface area (Å²) in [7, 11) is 1.34. The van der Waals surface area contributed by atoms with Crippen molar-refractivity contribution < 1.29 is 14.6 Å². The maximum atomic E-state index is 11.6. The first-order chi connectivity index (χ1) is 7.46. The van der Waals surface area contributed by atoms with Crippen molar-refractivity contribution in [2.24, 2.45) is 10.4 Å². The van der Waals surface area contributed by atoms with Gasteiger partial charge in [-0.15, -0.1) is 0 Å². The van der Waals surface area contributed by atoms with Gasteiger partial charge in [0.25, 0.3) is 0 Å². The fourth-order valence-corrected chi connectivity index (χ4v) is 1.32. The molecule has 1 N–H and O–H groups in total. The van der Waals surface area contributed by atoms with Crippen molar-refractivity contribution in [3.8, 4) is 0 Å². The largest absolute Gasteiger partial charge is 0.468 e. The van der Waals surface area contributed by atoms with Crippen molar-refractivity contribution in [2.75, 3.05) is 13.7 Å². The van der Waals surface area contributed by atoms with Gasteiger partial charge in [-0.05, 0) is 13.8 Å². The van der Waals surface area contributed by atoms with Crippen LogP contribution in [0.4, 0.5) is 0 Å². The van der Waals surface area contributed by atoms with E-state index in [0.29, 0.717) is 0 Å². The van der Waals surface area contributed by atoms with Crippen LogP contribution in [0.2, 0.25) is 0 Å². The number of rotatable bonds is 2. The van der Waals surface area contributed by atoms with E-state index in [1.54, 1.807) is 38.2 Å². The summed E-state index contributed by atoms with van der Waals surface area (Å²) in [6.07, 6.45) is 8.56. The summed E-state index contributed by atoms with van der Waals surface area (Å²) in [5, 5.41) is 9.23. The Bertz CT molecular complexity index is 359. The molecule has 0 aromatic carbocycles. The second-order valence-corrected chi connectivity index (χ2v) is 4.27. The van der Waals surface area contributed by atoms with Gasteiger partial charge in [-0.1, -0.05) is 24.3 Å². The number of hydrogen-bond acceptors (Lipinski definition) is 4. The molecule has 1 rings (SSSR count). The first-order valence-electron chi connectivity index (χ1n) is 5.08. The number of carbonyl (C=O) groups is 1. The molecule has 1 aliphatic rings. The van der Waals surface area contributed by atoms with E-state index in [1.165, 1.54) is 13.3 Å². The number of aliphatic hydroxyl groups is 1. The summed E-state index contributed by atoms with van der Waals surface area (Å²) in [6, 6.07) is 0. The van der Waals surface area contributed by atoms with Crippen molar-refractivity contribution >= 4 is 12.2 Å². The van der Waals surface area contributed by atoms with Gasteiger partial charge in [0.1, 0.15) is 5.41 Å². The number of esters is 1. The van der Waals surface area contributed by atoms with Crippen molar-refractivity contribution in [1.82, 2.24) is 0 Å². The number of nitrogens with zero attached hydrogens (tertiary/aromatic N) is 1. The van der Waals surface area contributed by atoms with E-state index < -0.39 is 11.0 Å². The Kier molecular flexibility index (Phi) is 3.65. The fraction of sp³-hybridized carbons (Fsp3) is 0.500. The zero-order chi connectivity index (χ0) is 12.2. The lowest BCUT2D eigenvalue weighted by Gasteiger charge is -2.24. The van der Waals surface area contributed by atoms with Crippen LogP contribution in [0.1, 0.15) is 13.8 Å². The molecule has 0 radical (unpaired) electrons. The summed E-state index contributed by atoms with van der Waals surface area (Å²) >= 11 is 0. The van der Waals surface area contributed by atoms with Gasteiger partial charge < -0.3 is 9.84 Å². The summed E-state index contributed by atoms with van der Waals surface area (Å²) in [5.41, 5.74) is -1.56. The van der Waals surface area contributed by atoms with Gasteiger partial charge >= 0.3 is 5.97 Å². The van der Waals surface area contributed by atoms with E-state index in [-0.39, 0.29) is 12.6 Å². The molecule has 4 heteroatoms. The topological polar surface area (TPSA) is 58.9 Å². The molecule has 88 valence electrons. The van der Waals surface area contributed by atoms with Crippen molar-refractivity contribution in [1.29, 1.82) is 0 Å². The third-order valence-corrected chi connectivity index (χ3v) is 2.58. The maximum absolute atomic E-state index is 11.6. The monoisotopic (exact) mass is 223 g/mol. The van der Waals surface area contributed by atoms with Crippen LogP contribution in [0, 0.1) is 5.41 Å². The Balaban J connectivity index is 3.10. The molecule has 0 saturated carbocycles. The third-order valence-electron chi connectivity index (χ3n) is 2.58. The van der Waals surface area contributed by atoms with Crippen LogP contribution >= 0.6 is 0 Å². The predicted molar refractivity (Wildman–Crippen MR) is 62.4 cm³/mol. The first-order valence-corrected chi connectivity index (χ1v) is 5.08. The minimum absolute atomic E-state index is 0.106. The second-order valence-electron chi connectivity index (χ2n) is 4.27. The van der Waals surface area contributed by atoms with Crippen LogP contribution in [0.25, 0.3) is 0 Å². The highest BCUT2D eigenvalue weighted by atomic mass is 16.5. The summed E-state index contributed by atoms with van der Waals surface area (Å²) in [4.78, 5) is 15.8. The van der Waals surface area contributed by atoms with Crippen LogP contribution < -0.4 is 0 Å². The quantitative estimate of drug-likeness (QED) is 0.713. The minimum atomic E-state index is -0.879. The number of ether oxygens (including phenoxy) is 1. The van der Waals surface area contributed by atoms with Crippen molar-refractivity contribution in [3.05, 3.63) is 24.3 Å². The van der Waals surface area contributed by atoms with E-state index in [1.807, 2.05) is 0 Å². The van der Waals surface area contributed by atoms with Gasteiger partial charge in [-0.25, -0.2) is 0 Å². The molecule has 4 nitrogen and oxygen atoms in total. The Morgan fingerprint density at radius 1 is 1.38 bits per heavy atom. The molecule has 0 aromatic heterocycles. The standard InChI is InChI=1S/C12H17NO3/c1-11(10(15)16-3)6-4-5-7-12(2,9-14)13-8-11/h4-8,14H,9H2,1-3H3/b6-4-,7-5-,13-8?. The highest BCUT2D eigenvalue weighted by Gasteiger charge is 2.31. The van der Waals surface area contributed by atoms with Gasteiger partial charge in [0, 0.05) is 6.21 Å². The molecular weight excluding hydrogens is 206 g/mol. The highest BCUT2D eigenvalue weighted by molar-refractivity contribution is 5.97. The number of methoxy groups -OCH3 is 1. The number of carbonyl (C=O) groups excluding carboxylic acids is 1. The molecule has 2 unspecified atom stereocenters. The molecule has 0 fully saturated rings. The van der Waals surface area contributed by atoms with Crippen molar-refractivity contribution in [3.63, 3.8) is 0 Å². The normalized spacial score (nSPS) is 37.2. The van der Waals surface area contributed by atoms with Gasteiger partial charge in [-0.3, -0.25) is 9.79 Å². The smallest absolute Gasteiger partial charge is 0.320 e. The number of allylic oxidation sites excluding steroid dienone is 2. The Morgan fingerprint density at radius 3 is 2.56 bits per heavy atom. The Hall–Kier alpha value is -1.42. The van der Waals surface area contributed by atoms with Gasteiger partial charge in [0.05, 0.1) is 19.3 Å². The lowest BCUT2D eigenvalue weighted by atomic mass is 9.89. The summed E-state index contributed by atoms with van der Waals surface area (Å²) in [6.45, 7) is 3.40. The van der Waals surface area contributed by atoms with Gasteiger partial charge in [0.2, 0.25) is 0 Å². The Morgan fingerprint density at radius 2 is 2.00 bits per heavy atom. The maximum Gasteiger partial charge on any atom is 0.320 e. The molecule has 16 heavy (non-hydrogen) atoms. The highest BCUT2D eigenvalue weighted by Crippen LogP contribution is 2.22. The molecular formula is C12H17NO3. The average molecular weight is 223 g/mol. The first kappa shape index (κ1) is 12.6.